The third-order valence-electron chi connectivity index (χ3n) is 13.5. The highest BCUT2D eigenvalue weighted by Gasteiger charge is 2.42. The molecule has 5 aromatic rings. The summed E-state index contributed by atoms with van der Waals surface area (Å²) < 4.78 is 30.1. The van der Waals surface area contributed by atoms with Gasteiger partial charge in [0, 0.05) is 30.8 Å². The summed E-state index contributed by atoms with van der Waals surface area (Å²) in [5, 5.41) is 13.6. The van der Waals surface area contributed by atoms with Crippen molar-refractivity contribution >= 4 is 61.7 Å². The molecule has 1 heterocycles. The van der Waals surface area contributed by atoms with Crippen LogP contribution in [0.1, 0.15) is 82.2 Å². The second kappa shape index (κ2) is 27.9. The standard InChI is InChI=1S/C60H73ClN6O12Si/c1-59(2,3)78-56(72)50(33-52(62)68)66-53(69)47-30-43-28-41(24-26-46(43)61)42-25-27-51(75-35-38-18-12-9-13-19-38)44(29-42)31-48(67-58(74)77-37-40-22-16-11-17-23-40)54(70)65-49(55(71)64-47)32-45(79-80(7,8)60(4,5)6)34-63-57(73)76-36-39-20-14-10-15-21-39/h9-29,45,47-50H,30-37H2,1-8H3,(H2,62,68)(H,63,73)(H,64,71)(H,65,70)(H,66,69)(H,67,74)/t45-,47+,48+,49+,50+/m1/s1. The predicted molar refractivity (Wildman–Crippen MR) is 305 cm³/mol. The molecule has 80 heavy (non-hydrogen) atoms. The predicted octanol–water partition coefficient (Wildman–Crippen LogP) is 8.36. The Labute approximate surface area is 473 Å². The van der Waals surface area contributed by atoms with E-state index in [-0.39, 0.29) is 55.7 Å². The van der Waals surface area contributed by atoms with E-state index >= 15 is 9.59 Å². The maximum absolute atomic E-state index is 15.3. The highest BCUT2D eigenvalue weighted by atomic mass is 35.5. The van der Waals surface area contributed by atoms with Gasteiger partial charge in [-0.1, -0.05) is 136 Å². The fourth-order valence-electron chi connectivity index (χ4n) is 8.29. The monoisotopic (exact) mass is 1130 g/mol. The Morgan fingerprint density at radius 2 is 1.25 bits per heavy atom. The molecule has 5 atom stereocenters. The van der Waals surface area contributed by atoms with Gasteiger partial charge in [0.2, 0.25) is 23.6 Å². The number of rotatable bonds is 19. The number of ether oxygens (including phenoxy) is 4. The molecule has 0 saturated heterocycles. The highest BCUT2D eigenvalue weighted by molar-refractivity contribution is 6.74. The highest BCUT2D eigenvalue weighted by Crippen LogP contribution is 2.38. The molecule has 18 nitrogen and oxygen atoms in total. The molecular formula is C60H73ClN6O12Si. The molecular weight excluding hydrogens is 1060 g/mol. The number of fused-ring (bicyclic) bond motifs is 5. The molecule has 0 fully saturated rings. The molecule has 0 aromatic heterocycles. The molecule has 1 aliphatic heterocycles. The molecule has 1 aliphatic rings. The first-order valence-electron chi connectivity index (χ1n) is 26.4. The fraction of sp³-hybridized carbons (Fsp3) is 0.383. The molecule has 6 rings (SSSR count). The van der Waals surface area contributed by atoms with E-state index < -0.39 is 92.4 Å². The minimum Gasteiger partial charge on any atom is -0.489 e. The van der Waals surface area contributed by atoms with E-state index in [0.29, 0.717) is 33.6 Å². The van der Waals surface area contributed by atoms with Gasteiger partial charge in [-0.25, -0.2) is 14.4 Å². The zero-order valence-corrected chi connectivity index (χ0v) is 48.3. The first kappa shape index (κ1) is 61.5. The van der Waals surface area contributed by atoms with Crippen LogP contribution in [0, 0.1) is 0 Å². The van der Waals surface area contributed by atoms with Gasteiger partial charge in [-0.15, -0.1) is 0 Å². The van der Waals surface area contributed by atoms with Gasteiger partial charge in [0.1, 0.15) is 55.3 Å². The molecule has 0 spiro atoms. The summed E-state index contributed by atoms with van der Waals surface area (Å²) >= 11 is 6.92. The quantitative estimate of drug-likeness (QED) is 0.0259. The second-order valence-corrected chi connectivity index (χ2v) is 27.3. The zero-order chi connectivity index (χ0) is 58.2. The van der Waals surface area contributed by atoms with Crippen LogP contribution in [0.15, 0.2) is 127 Å². The maximum atomic E-state index is 15.3. The smallest absolute Gasteiger partial charge is 0.408 e. The van der Waals surface area contributed by atoms with E-state index in [1.54, 1.807) is 81.4 Å². The summed E-state index contributed by atoms with van der Waals surface area (Å²) in [6.07, 6.45) is -4.10. The first-order chi connectivity index (χ1) is 37.8. The van der Waals surface area contributed by atoms with Crippen molar-refractivity contribution < 1.29 is 56.9 Å². The van der Waals surface area contributed by atoms with Crippen LogP contribution in [0.5, 0.6) is 5.75 Å². The fourth-order valence-corrected chi connectivity index (χ4v) is 9.85. The van der Waals surface area contributed by atoms with Crippen LogP contribution in [0.3, 0.4) is 0 Å². The molecule has 7 N–H and O–H groups in total. The van der Waals surface area contributed by atoms with Crippen molar-refractivity contribution in [1.29, 1.82) is 0 Å². The van der Waals surface area contributed by atoms with Crippen molar-refractivity contribution in [2.45, 2.75) is 141 Å². The molecule has 0 saturated carbocycles. The van der Waals surface area contributed by atoms with Crippen molar-refractivity contribution in [3.63, 3.8) is 0 Å². The van der Waals surface area contributed by atoms with E-state index in [2.05, 4.69) is 26.6 Å². The normalized spacial score (nSPS) is 16.6. The number of nitrogens with two attached hydrogens (primary N) is 1. The molecule has 6 amide bonds. The number of hydrogen-bond donors (Lipinski definition) is 6. The average Bonchev–Trinajstić information content (AvgIpc) is 3.42. The number of carbonyl (C=O) groups excluding carboxylic acids is 7. The third-order valence-corrected chi connectivity index (χ3v) is 18.4. The van der Waals surface area contributed by atoms with Crippen LogP contribution in [0.25, 0.3) is 11.1 Å². The van der Waals surface area contributed by atoms with Crippen LogP contribution < -0.4 is 37.1 Å². The number of benzene rings is 5. The minimum atomic E-state index is -2.77. The third kappa shape index (κ3) is 19.0. The zero-order valence-electron chi connectivity index (χ0n) is 46.5. The Morgan fingerprint density at radius 1 is 0.700 bits per heavy atom. The Balaban J connectivity index is 1.47. The van der Waals surface area contributed by atoms with Crippen LogP contribution in [-0.4, -0.2) is 92.5 Å². The summed E-state index contributed by atoms with van der Waals surface area (Å²) in [6, 6.07) is 31.9. The summed E-state index contributed by atoms with van der Waals surface area (Å²) in [7, 11) is -2.77. The Bertz CT molecular complexity index is 2960. The Morgan fingerprint density at radius 3 is 1.81 bits per heavy atom. The van der Waals surface area contributed by atoms with Gasteiger partial charge in [0.15, 0.2) is 8.32 Å². The van der Waals surface area contributed by atoms with Crippen molar-refractivity contribution in [3.8, 4) is 16.9 Å². The molecule has 426 valence electrons. The van der Waals surface area contributed by atoms with Gasteiger partial charge in [0.25, 0.3) is 0 Å². The topological polar surface area (TPSA) is 252 Å². The van der Waals surface area contributed by atoms with Crippen molar-refractivity contribution in [3.05, 3.63) is 160 Å². The number of primary amides is 1. The van der Waals surface area contributed by atoms with Crippen molar-refractivity contribution in [1.82, 2.24) is 26.6 Å². The van der Waals surface area contributed by atoms with Gasteiger partial charge in [-0.05, 0) is 102 Å². The van der Waals surface area contributed by atoms with E-state index in [1.165, 1.54) is 0 Å². The summed E-state index contributed by atoms with van der Waals surface area (Å²) in [4.78, 5) is 98.5. The summed E-state index contributed by atoms with van der Waals surface area (Å²) in [5.41, 5.74) is 9.01. The average molecular weight is 1130 g/mol. The van der Waals surface area contributed by atoms with Crippen LogP contribution in [0.4, 0.5) is 9.59 Å². The first-order valence-corrected chi connectivity index (χ1v) is 29.7. The molecule has 20 heteroatoms. The second-order valence-electron chi connectivity index (χ2n) is 22.1. The lowest BCUT2D eigenvalue weighted by Gasteiger charge is -2.40. The number of nitrogens with one attached hydrogen (secondary N) is 5. The van der Waals surface area contributed by atoms with Gasteiger partial charge in [-0.3, -0.25) is 19.2 Å². The van der Waals surface area contributed by atoms with Gasteiger partial charge < -0.3 is 55.7 Å². The summed E-state index contributed by atoms with van der Waals surface area (Å²) in [6.45, 7) is 14.7. The van der Waals surface area contributed by atoms with E-state index in [1.807, 2.05) is 101 Å². The number of amides is 6. The van der Waals surface area contributed by atoms with Crippen LogP contribution >= 0.6 is 11.6 Å². The number of halogens is 1. The van der Waals surface area contributed by atoms with E-state index in [9.17, 15) is 24.0 Å². The molecule has 0 aliphatic carbocycles. The molecule has 0 unspecified atom stereocenters. The maximum Gasteiger partial charge on any atom is 0.408 e. The van der Waals surface area contributed by atoms with E-state index in [4.69, 9.17) is 40.7 Å². The lowest BCUT2D eigenvalue weighted by molar-refractivity contribution is -0.159. The largest absolute Gasteiger partial charge is 0.489 e. The number of alkyl carbamates (subject to hydrolysis) is 2. The van der Waals surface area contributed by atoms with E-state index in [0.717, 1.165) is 11.1 Å². The number of esters is 1. The van der Waals surface area contributed by atoms with Gasteiger partial charge in [0.05, 0.1) is 12.5 Å². The number of carbonyl (C=O) groups is 7. The molecule has 4 bridgehead atoms. The SMILES string of the molecule is CC(C)(C)OC(=O)[C@H](CC(N)=O)NC(=O)[C@@H]1Cc2cc(ccc2Cl)-c2ccc(OCc3ccccc3)c(c2)C[C@H](NC(=O)OCc2ccccc2)C(=O)N[C@@H](C[C@H](CNC(=O)OCc2ccccc2)O[Si](C)(C)C(C)(C)C)C(=O)N1. The van der Waals surface area contributed by atoms with Crippen molar-refractivity contribution in [2.24, 2.45) is 5.73 Å². The minimum absolute atomic E-state index is 0.0315. The molecule has 5 aromatic carbocycles. The van der Waals surface area contributed by atoms with Gasteiger partial charge >= 0.3 is 18.2 Å². The van der Waals surface area contributed by atoms with Crippen LogP contribution in [0.2, 0.25) is 23.2 Å². The lowest BCUT2D eigenvalue weighted by Crippen LogP contribution is -2.60. The Hall–Kier alpha value is -7.74. The number of hydrogen-bond acceptors (Lipinski definition) is 12. The van der Waals surface area contributed by atoms with Crippen molar-refractivity contribution in [2.75, 3.05) is 6.54 Å². The molecule has 0 radical (unpaired) electrons. The lowest BCUT2D eigenvalue weighted by atomic mass is 9.95. The Kier molecular flexibility index (Phi) is 21.4. The summed E-state index contributed by atoms with van der Waals surface area (Å²) in [5.74, 6) is -4.15. The van der Waals surface area contributed by atoms with Gasteiger partial charge in [-0.2, -0.15) is 0 Å². The van der Waals surface area contributed by atoms with Crippen LogP contribution in [-0.2, 0) is 75.3 Å².